The molecule has 0 saturated carbocycles. The highest BCUT2D eigenvalue weighted by atomic mass is 35.5. The van der Waals surface area contributed by atoms with Crippen molar-refractivity contribution in [2.24, 2.45) is 0 Å². The average Bonchev–Trinajstić information content (AvgIpc) is 2.92. The van der Waals surface area contributed by atoms with Gasteiger partial charge in [0.2, 0.25) is 21.8 Å². The molecular formula is C30H34Cl3N3O4S. The number of carbonyl (C=O) groups excluding carboxylic acids is 2. The SMILES string of the molecule is CCC(C)NC(=O)C(Cc1ccccc1)N(Cc1ccccc1C)C(=O)CN(c1cc(Cl)c(Cl)cc1Cl)S(C)(=O)=O. The van der Waals surface area contributed by atoms with Crippen molar-refractivity contribution in [3.8, 4) is 0 Å². The first-order chi connectivity index (χ1) is 19.3. The van der Waals surface area contributed by atoms with Crippen molar-refractivity contribution in [3.05, 3.63) is 98.5 Å². The van der Waals surface area contributed by atoms with Crippen LogP contribution in [0.4, 0.5) is 5.69 Å². The van der Waals surface area contributed by atoms with Crippen molar-refractivity contribution in [2.75, 3.05) is 17.1 Å². The van der Waals surface area contributed by atoms with Crippen LogP contribution in [0.15, 0.2) is 66.7 Å². The molecule has 0 aliphatic rings. The molecule has 0 bridgehead atoms. The third-order valence-electron chi connectivity index (χ3n) is 6.81. The van der Waals surface area contributed by atoms with E-state index in [0.717, 1.165) is 27.3 Å². The summed E-state index contributed by atoms with van der Waals surface area (Å²) in [5, 5.41) is 3.24. The zero-order valence-corrected chi connectivity index (χ0v) is 26.5. The highest BCUT2D eigenvalue weighted by molar-refractivity contribution is 7.92. The molecule has 0 aliphatic heterocycles. The summed E-state index contributed by atoms with van der Waals surface area (Å²) in [5.74, 6) is -0.912. The molecule has 2 amide bonds. The van der Waals surface area contributed by atoms with Gasteiger partial charge in [0, 0.05) is 19.0 Å². The van der Waals surface area contributed by atoms with E-state index in [0.29, 0.717) is 6.42 Å². The van der Waals surface area contributed by atoms with Crippen LogP contribution in [0.25, 0.3) is 0 Å². The summed E-state index contributed by atoms with van der Waals surface area (Å²) in [7, 11) is -4.01. The highest BCUT2D eigenvalue weighted by Crippen LogP contribution is 2.35. The van der Waals surface area contributed by atoms with Gasteiger partial charge in [0.1, 0.15) is 12.6 Å². The Morgan fingerprint density at radius 2 is 1.54 bits per heavy atom. The molecule has 0 heterocycles. The van der Waals surface area contributed by atoms with Crippen molar-refractivity contribution in [1.82, 2.24) is 10.2 Å². The number of rotatable bonds is 12. The number of carbonyl (C=O) groups is 2. The summed E-state index contributed by atoms with van der Waals surface area (Å²) in [5.41, 5.74) is 2.62. The summed E-state index contributed by atoms with van der Waals surface area (Å²) >= 11 is 18.6. The van der Waals surface area contributed by atoms with Crippen molar-refractivity contribution >= 4 is 62.3 Å². The Kier molecular flexibility index (Phi) is 11.5. The first-order valence-electron chi connectivity index (χ1n) is 13.1. The molecule has 3 aromatic carbocycles. The lowest BCUT2D eigenvalue weighted by atomic mass is 10.0. The van der Waals surface area contributed by atoms with Crippen LogP contribution in [0.1, 0.15) is 37.0 Å². The molecule has 0 saturated heterocycles. The highest BCUT2D eigenvalue weighted by Gasteiger charge is 2.34. The maximum atomic E-state index is 14.2. The number of amides is 2. The lowest BCUT2D eigenvalue weighted by Gasteiger charge is -2.34. The Bertz CT molecular complexity index is 1490. The molecule has 0 aliphatic carbocycles. The second-order valence-corrected chi connectivity index (χ2v) is 13.1. The Balaban J connectivity index is 2.11. The zero-order valence-electron chi connectivity index (χ0n) is 23.4. The minimum absolute atomic E-state index is 0.0106. The fourth-order valence-corrected chi connectivity index (χ4v) is 5.81. The molecule has 7 nitrogen and oxygen atoms in total. The van der Waals surface area contributed by atoms with Crippen LogP contribution in [-0.4, -0.2) is 50.0 Å². The molecular weight excluding hydrogens is 605 g/mol. The summed E-state index contributed by atoms with van der Waals surface area (Å²) in [4.78, 5) is 29.4. The van der Waals surface area contributed by atoms with Crippen molar-refractivity contribution in [1.29, 1.82) is 0 Å². The average molecular weight is 639 g/mol. The molecule has 2 unspecified atom stereocenters. The van der Waals surface area contributed by atoms with E-state index < -0.39 is 28.5 Å². The topological polar surface area (TPSA) is 86.8 Å². The first-order valence-corrected chi connectivity index (χ1v) is 16.1. The Morgan fingerprint density at radius 3 is 2.15 bits per heavy atom. The summed E-state index contributed by atoms with van der Waals surface area (Å²) in [6, 6.07) is 18.5. The quantitative estimate of drug-likeness (QED) is 0.237. The first kappa shape index (κ1) is 32.7. The van der Waals surface area contributed by atoms with Gasteiger partial charge in [-0.05, 0) is 49.1 Å². The molecule has 0 spiro atoms. The van der Waals surface area contributed by atoms with Gasteiger partial charge >= 0.3 is 0 Å². The second-order valence-electron chi connectivity index (χ2n) is 9.96. The largest absolute Gasteiger partial charge is 0.352 e. The fourth-order valence-electron chi connectivity index (χ4n) is 4.26. The van der Waals surface area contributed by atoms with Gasteiger partial charge in [0.25, 0.3) is 0 Å². The van der Waals surface area contributed by atoms with Gasteiger partial charge in [0.15, 0.2) is 0 Å². The van der Waals surface area contributed by atoms with E-state index in [9.17, 15) is 18.0 Å². The number of anilines is 1. The molecule has 3 rings (SSSR count). The predicted molar refractivity (Wildman–Crippen MR) is 167 cm³/mol. The van der Waals surface area contributed by atoms with E-state index in [1.807, 2.05) is 75.4 Å². The molecule has 220 valence electrons. The molecule has 0 radical (unpaired) electrons. The number of hydrogen-bond acceptors (Lipinski definition) is 4. The van der Waals surface area contributed by atoms with Crippen LogP contribution in [0.5, 0.6) is 0 Å². The summed E-state index contributed by atoms with van der Waals surface area (Å²) in [6.45, 7) is 5.25. The fraction of sp³-hybridized carbons (Fsp3) is 0.333. The van der Waals surface area contributed by atoms with Gasteiger partial charge in [-0.3, -0.25) is 13.9 Å². The normalized spacial score (nSPS) is 12.9. The standard InChI is InChI=1S/C30H34Cl3N3O4S/c1-5-21(3)34-30(38)28(15-22-12-7-6-8-13-22)35(18-23-14-10-9-11-20(23)2)29(37)19-36(41(4,39)40)27-17-25(32)24(31)16-26(27)33/h6-14,16-17,21,28H,5,15,18-19H2,1-4H3,(H,34,38). The molecule has 3 aromatic rings. The van der Waals surface area contributed by atoms with E-state index >= 15 is 0 Å². The summed E-state index contributed by atoms with van der Waals surface area (Å²) in [6.07, 6.45) is 1.91. The lowest BCUT2D eigenvalue weighted by molar-refractivity contribution is -0.140. The van der Waals surface area contributed by atoms with Crippen LogP contribution in [-0.2, 0) is 32.6 Å². The van der Waals surface area contributed by atoms with Crippen molar-refractivity contribution in [3.63, 3.8) is 0 Å². The number of aryl methyl sites for hydroxylation is 1. The number of nitrogens with one attached hydrogen (secondary N) is 1. The molecule has 1 N–H and O–H groups in total. The minimum atomic E-state index is -4.01. The predicted octanol–water partition coefficient (Wildman–Crippen LogP) is 6.28. The third kappa shape index (κ3) is 8.85. The molecule has 0 fully saturated rings. The van der Waals surface area contributed by atoms with Crippen molar-refractivity contribution in [2.45, 2.75) is 52.2 Å². The van der Waals surface area contributed by atoms with E-state index in [-0.39, 0.29) is 45.7 Å². The van der Waals surface area contributed by atoms with Crippen LogP contribution >= 0.6 is 34.8 Å². The van der Waals surface area contributed by atoms with E-state index in [2.05, 4.69) is 5.32 Å². The van der Waals surface area contributed by atoms with E-state index in [1.54, 1.807) is 0 Å². The third-order valence-corrected chi connectivity index (χ3v) is 8.96. The lowest BCUT2D eigenvalue weighted by Crippen LogP contribution is -2.54. The Morgan fingerprint density at radius 1 is 0.927 bits per heavy atom. The van der Waals surface area contributed by atoms with Gasteiger partial charge < -0.3 is 10.2 Å². The van der Waals surface area contributed by atoms with Crippen molar-refractivity contribution < 1.29 is 18.0 Å². The number of sulfonamides is 1. The minimum Gasteiger partial charge on any atom is -0.352 e. The van der Waals surface area contributed by atoms with Gasteiger partial charge in [-0.1, -0.05) is 96.3 Å². The number of hydrogen-bond donors (Lipinski definition) is 1. The number of halogens is 3. The smallest absolute Gasteiger partial charge is 0.244 e. The Hall–Kier alpha value is -2.78. The second kappa shape index (κ2) is 14.4. The number of nitrogens with zero attached hydrogens (tertiary/aromatic N) is 2. The van der Waals surface area contributed by atoms with Gasteiger partial charge in [-0.2, -0.15) is 0 Å². The van der Waals surface area contributed by atoms with Crippen LogP contribution in [0, 0.1) is 6.92 Å². The molecule has 2 atom stereocenters. The molecule has 11 heteroatoms. The van der Waals surface area contributed by atoms with E-state index in [1.165, 1.54) is 17.0 Å². The van der Waals surface area contributed by atoms with Crippen LogP contribution in [0.3, 0.4) is 0 Å². The monoisotopic (exact) mass is 637 g/mol. The van der Waals surface area contributed by atoms with Crippen LogP contribution in [0.2, 0.25) is 15.1 Å². The van der Waals surface area contributed by atoms with Gasteiger partial charge in [-0.25, -0.2) is 8.42 Å². The number of benzene rings is 3. The Labute approximate surface area is 257 Å². The molecule has 41 heavy (non-hydrogen) atoms. The van der Waals surface area contributed by atoms with Gasteiger partial charge in [-0.15, -0.1) is 0 Å². The molecule has 0 aromatic heterocycles. The van der Waals surface area contributed by atoms with Gasteiger partial charge in [0.05, 0.1) is 27.0 Å². The van der Waals surface area contributed by atoms with Crippen LogP contribution < -0.4 is 9.62 Å². The summed E-state index contributed by atoms with van der Waals surface area (Å²) < 4.78 is 26.8. The maximum absolute atomic E-state index is 14.2. The van der Waals surface area contributed by atoms with E-state index in [4.69, 9.17) is 34.8 Å². The maximum Gasteiger partial charge on any atom is 0.244 e. The zero-order chi connectivity index (χ0) is 30.3.